The molecule has 0 saturated carbocycles. The highest BCUT2D eigenvalue weighted by atomic mass is 15.4. The zero-order valence-electron chi connectivity index (χ0n) is 16.5. The molecule has 1 fully saturated rings. The van der Waals surface area contributed by atoms with Crippen LogP contribution in [0.25, 0.3) is 0 Å². The number of rotatable bonds is 3. The summed E-state index contributed by atoms with van der Waals surface area (Å²) in [6.45, 7) is 10.8. The summed E-state index contributed by atoms with van der Waals surface area (Å²) in [5, 5.41) is 11.7. The summed E-state index contributed by atoms with van der Waals surface area (Å²) < 4.78 is 2.00. The van der Waals surface area contributed by atoms with Crippen LogP contribution in [0, 0.1) is 20.8 Å². The number of hydrogen-bond acceptors (Lipinski definition) is 4. The number of anilines is 1. The number of benzene rings is 1. The third-order valence-electron chi connectivity index (χ3n) is 5.08. The Morgan fingerprint density at radius 1 is 1.12 bits per heavy atom. The van der Waals surface area contributed by atoms with E-state index >= 15 is 0 Å². The van der Waals surface area contributed by atoms with Gasteiger partial charge in [0.05, 0.1) is 6.54 Å². The van der Waals surface area contributed by atoms with Crippen molar-refractivity contribution >= 4 is 11.6 Å². The van der Waals surface area contributed by atoms with E-state index in [1.54, 1.807) is 0 Å². The molecular weight excluding hydrogens is 326 g/mol. The van der Waals surface area contributed by atoms with Crippen LogP contribution in [0.4, 0.5) is 5.69 Å². The molecule has 0 amide bonds. The van der Waals surface area contributed by atoms with Crippen molar-refractivity contribution in [2.75, 3.05) is 38.1 Å². The maximum atomic E-state index is 4.45. The minimum atomic E-state index is 0.626. The van der Waals surface area contributed by atoms with Crippen molar-refractivity contribution in [1.29, 1.82) is 0 Å². The zero-order chi connectivity index (χ0) is 18.7. The fourth-order valence-corrected chi connectivity index (χ4v) is 3.31. The second-order valence-electron chi connectivity index (χ2n) is 6.89. The highest BCUT2D eigenvalue weighted by molar-refractivity contribution is 5.80. The third-order valence-corrected chi connectivity index (χ3v) is 5.08. The minimum Gasteiger partial charge on any atom is -0.368 e. The Bertz CT molecular complexity index is 785. The Kier molecular flexibility index (Phi) is 5.44. The Balaban J connectivity index is 1.59. The van der Waals surface area contributed by atoms with E-state index in [0.29, 0.717) is 6.54 Å². The number of nitrogens with one attached hydrogen (secondary N) is 1. The van der Waals surface area contributed by atoms with Crippen LogP contribution in [-0.4, -0.2) is 58.9 Å². The van der Waals surface area contributed by atoms with Crippen molar-refractivity contribution in [3.05, 3.63) is 41.0 Å². The number of aromatic nitrogens is 3. The summed E-state index contributed by atoms with van der Waals surface area (Å²) in [7, 11) is 3.82. The van der Waals surface area contributed by atoms with Gasteiger partial charge >= 0.3 is 0 Å². The van der Waals surface area contributed by atoms with E-state index in [2.05, 4.69) is 62.4 Å². The van der Waals surface area contributed by atoms with Gasteiger partial charge in [0, 0.05) is 46.0 Å². The molecule has 140 valence electrons. The van der Waals surface area contributed by atoms with Crippen molar-refractivity contribution in [3.8, 4) is 0 Å². The maximum Gasteiger partial charge on any atom is 0.194 e. The molecule has 1 N–H and O–H groups in total. The van der Waals surface area contributed by atoms with Crippen molar-refractivity contribution in [1.82, 2.24) is 25.0 Å². The first-order valence-corrected chi connectivity index (χ1v) is 9.12. The predicted octanol–water partition coefficient (Wildman–Crippen LogP) is 1.64. The van der Waals surface area contributed by atoms with E-state index < -0.39 is 0 Å². The molecule has 0 atom stereocenters. The molecular formula is C19H29N7. The van der Waals surface area contributed by atoms with E-state index in [4.69, 9.17) is 0 Å². The van der Waals surface area contributed by atoms with Crippen LogP contribution in [-0.2, 0) is 13.6 Å². The van der Waals surface area contributed by atoms with Gasteiger partial charge in [-0.1, -0.05) is 12.1 Å². The number of nitrogens with zero attached hydrogens (tertiary/aromatic N) is 6. The molecule has 3 rings (SSSR count). The lowest BCUT2D eigenvalue weighted by Gasteiger charge is -2.38. The average molecular weight is 355 g/mol. The van der Waals surface area contributed by atoms with Gasteiger partial charge in [0.1, 0.15) is 5.82 Å². The Labute approximate surface area is 155 Å². The van der Waals surface area contributed by atoms with Gasteiger partial charge in [-0.15, -0.1) is 10.2 Å². The molecule has 2 aromatic rings. The molecule has 1 aromatic heterocycles. The molecule has 0 radical (unpaired) electrons. The van der Waals surface area contributed by atoms with Gasteiger partial charge in [-0.05, 0) is 38.0 Å². The van der Waals surface area contributed by atoms with Gasteiger partial charge in [-0.25, -0.2) is 0 Å². The molecule has 0 aliphatic carbocycles. The summed E-state index contributed by atoms with van der Waals surface area (Å²) in [5.41, 5.74) is 4.00. The summed E-state index contributed by atoms with van der Waals surface area (Å²) in [4.78, 5) is 9.23. The van der Waals surface area contributed by atoms with Gasteiger partial charge < -0.3 is 19.7 Å². The summed E-state index contributed by atoms with van der Waals surface area (Å²) >= 11 is 0. The first-order chi connectivity index (χ1) is 12.5. The van der Waals surface area contributed by atoms with Gasteiger partial charge in [-0.3, -0.25) is 4.99 Å². The van der Waals surface area contributed by atoms with Gasteiger partial charge in [-0.2, -0.15) is 0 Å². The molecule has 0 spiro atoms. The summed E-state index contributed by atoms with van der Waals surface area (Å²) in [6, 6.07) is 6.67. The molecule has 1 aliphatic heterocycles. The average Bonchev–Trinajstić information content (AvgIpc) is 2.97. The third kappa shape index (κ3) is 3.81. The zero-order valence-corrected chi connectivity index (χ0v) is 16.5. The Morgan fingerprint density at radius 2 is 1.85 bits per heavy atom. The number of aryl methyl sites for hydroxylation is 3. The van der Waals surface area contributed by atoms with Crippen LogP contribution >= 0.6 is 0 Å². The molecule has 1 aromatic carbocycles. The number of piperazine rings is 1. The van der Waals surface area contributed by atoms with Gasteiger partial charge in [0.2, 0.25) is 0 Å². The maximum absolute atomic E-state index is 4.45. The summed E-state index contributed by atoms with van der Waals surface area (Å²) in [6.07, 6.45) is 0. The predicted molar refractivity (Wildman–Crippen MR) is 106 cm³/mol. The highest BCUT2D eigenvalue weighted by Gasteiger charge is 2.21. The van der Waals surface area contributed by atoms with Crippen LogP contribution in [0.5, 0.6) is 0 Å². The number of guanidine groups is 1. The molecule has 1 aliphatic rings. The van der Waals surface area contributed by atoms with Gasteiger partial charge in [0.15, 0.2) is 11.8 Å². The smallest absolute Gasteiger partial charge is 0.194 e. The van der Waals surface area contributed by atoms with Crippen molar-refractivity contribution < 1.29 is 0 Å². The van der Waals surface area contributed by atoms with Gasteiger partial charge in [0.25, 0.3) is 0 Å². The monoisotopic (exact) mass is 355 g/mol. The van der Waals surface area contributed by atoms with E-state index in [-0.39, 0.29) is 0 Å². The van der Waals surface area contributed by atoms with E-state index in [1.807, 2.05) is 25.6 Å². The van der Waals surface area contributed by atoms with E-state index in [9.17, 15) is 0 Å². The fourth-order valence-electron chi connectivity index (χ4n) is 3.31. The SMILES string of the molecule is CN=C(NCc1nnc(C)n1C)N1CCN(c2cc(C)ccc2C)CC1. The summed E-state index contributed by atoms with van der Waals surface area (Å²) in [5.74, 6) is 2.75. The first-order valence-electron chi connectivity index (χ1n) is 9.12. The molecule has 2 heterocycles. The van der Waals surface area contributed by atoms with Crippen LogP contribution in [0.2, 0.25) is 0 Å². The second-order valence-corrected chi connectivity index (χ2v) is 6.89. The van der Waals surface area contributed by atoms with Crippen LogP contribution in [0.3, 0.4) is 0 Å². The Hall–Kier alpha value is -2.57. The van der Waals surface area contributed by atoms with Crippen molar-refractivity contribution in [2.45, 2.75) is 27.3 Å². The van der Waals surface area contributed by atoms with Crippen LogP contribution < -0.4 is 10.2 Å². The van der Waals surface area contributed by atoms with Crippen molar-refractivity contribution in [3.63, 3.8) is 0 Å². The topological polar surface area (TPSA) is 61.6 Å². The first kappa shape index (κ1) is 18.2. The lowest BCUT2D eigenvalue weighted by atomic mass is 10.1. The fraction of sp³-hybridized carbons (Fsp3) is 0.526. The van der Waals surface area contributed by atoms with Crippen LogP contribution in [0.1, 0.15) is 22.8 Å². The van der Waals surface area contributed by atoms with Crippen molar-refractivity contribution in [2.24, 2.45) is 12.0 Å². The molecule has 0 bridgehead atoms. The van der Waals surface area contributed by atoms with E-state index in [1.165, 1.54) is 16.8 Å². The number of hydrogen-bond donors (Lipinski definition) is 1. The van der Waals surface area contributed by atoms with Crippen LogP contribution in [0.15, 0.2) is 23.2 Å². The molecule has 1 saturated heterocycles. The highest BCUT2D eigenvalue weighted by Crippen LogP contribution is 2.22. The second kappa shape index (κ2) is 7.76. The number of aliphatic imine (C=N–C) groups is 1. The Morgan fingerprint density at radius 3 is 2.46 bits per heavy atom. The largest absolute Gasteiger partial charge is 0.368 e. The molecule has 7 heteroatoms. The molecule has 7 nitrogen and oxygen atoms in total. The lowest BCUT2D eigenvalue weighted by Crippen LogP contribution is -2.52. The lowest BCUT2D eigenvalue weighted by molar-refractivity contribution is 0.371. The van der Waals surface area contributed by atoms with E-state index in [0.717, 1.165) is 43.8 Å². The minimum absolute atomic E-state index is 0.626. The standard InChI is InChI=1S/C19H29N7/c1-14-6-7-15(2)17(12-14)25-8-10-26(11-9-25)19(20-4)21-13-18-23-22-16(3)24(18)5/h6-7,12H,8-11,13H2,1-5H3,(H,20,21). The normalized spacial score (nSPS) is 15.5. The molecule has 0 unspecified atom stereocenters. The molecule has 26 heavy (non-hydrogen) atoms. The quantitative estimate of drug-likeness (QED) is 0.670.